The van der Waals surface area contributed by atoms with E-state index < -0.39 is 24.2 Å². The summed E-state index contributed by atoms with van der Waals surface area (Å²) in [5.41, 5.74) is 0. The molecule has 6 heteroatoms. The zero-order valence-electron chi connectivity index (χ0n) is 9.06. The van der Waals surface area contributed by atoms with E-state index in [1.54, 1.807) is 13.8 Å². The predicted molar refractivity (Wildman–Crippen MR) is 47.0 cm³/mol. The van der Waals surface area contributed by atoms with Crippen LogP contribution in [0, 0.1) is 13.5 Å². The van der Waals surface area contributed by atoms with Gasteiger partial charge in [0.05, 0.1) is 7.11 Å². The maximum Gasteiger partial charge on any atom is 0.475 e. The van der Waals surface area contributed by atoms with Crippen molar-refractivity contribution in [1.82, 2.24) is 0 Å². The van der Waals surface area contributed by atoms with Crippen LogP contribution in [0.3, 0.4) is 0 Å². The van der Waals surface area contributed by atoms with Crippen LogP contribution < -0.4 is 0 Å². The molecule has 0 aromatic rings. The second-order valence-electron chi connectivity index (χ2n) is 3.35. The largest absolute Gasteiger partial charge is 0.603 e. The average Bonchev–Trinajstić information content (AvgIpc) is 2.35. The van der Waals surface area contributed by atoms with Gasteiger partial charge in [0, 0.05) is 32.7 Å². The molecule has 1 aliphatic heterocycles. The minimum atomic E-state index is -0.787. The van der Waals surface area contributed by atoms with Crippen LogP contribution in [0.5, 0.6) is 0 Å². The fraction of sp³-hybridized carbons (Fsp3) is 0.667. The molecule has 0 aliphatic carbocycles. The summed E-state index contributed by atoms with van der Waals surface area (Å²) in [7, 11) is 1.23. The molecule has 1 saturated heterocycles. The first kappa shape index (κ1) is 15.3. The van der Waals surface area contributed by atoms with Gasteiger partial charge < -0.3 is 25.9 Å². The number of carbonyl (C=O) groups is 1. The first-order valence-corrected chi connectivity index (χ1v) is 4.21. The Bertz CT molecular complexity index is 219. The SMILES string of the molecule is [CH2-][C@H]1OC(C)(C)O[C@H]1[CH-]OC(=O)OC.[Y]. The smallest absolute Gasteiger partial charge is 0.475 e. The Labute approximate surface area is 115 Å². The van der Waals surface area contributed by atoms with Crippen molar-refractivity contribution in [2.24, 2.45) is 0 Å². The third kappa shape index (κ3) is 4.76. The second-order valence-corrected chi connectivity index (χ2v) is 3.35. The van der Waals surface area contributed by atoms with Gasteiger partial charge in [0.2, 0.25) is 0 Å². The molecule has 0 saturated carbocycles. The number of rotatable bonds is 2. The summed E-state index contributed by atoms with van der Waals surface area (Å²) in [6.07, 6.45) is -1.65. The minimum absolute atomic E-state index is 0. The summed E-state index contributed by atoms with van der Waals surface area (Å²) in [6.45, 7) is 8.45. The van der Waals surface area contributed by atoms with Crippen LogP contribution >= 0.6 is 0 Å². The van der Waals surface area contributed by atoms with Crippen LogP contribution in [0.1, 0.15) is 13.8 Å². The zero-order chi connectivity index (χ0) is 10.8. The van der Waals surface area contributed by atoms with Gasteiger partial charge in [0.25, 0.3) is 0 Å². The topological polar surface area (TPSA) is 54.0 Å². The molecule has 0 bridgehead atoms. The van der Waals surface area contributed by atoms with E-state index in [9.17, 15) is 4.79 Å². The average molecular weight is 291 g/mol. The van der Waals surface area contributed by atoms with Crippen molar-refractivity contribution in [1.29, 1.82) is 0 Å². The molecule has 0 aromatic carbocycles. The van der Waals surface area contributed by atoms with E-state index in [1.165, 1.54) is 13.7 Å². The summed E-state index contributed by atoms with van der Waals surface area (Å²) in [5.74, 6) is -0.701. The van der Waals surface area contributed by atoms with Crippen LogP contribution in [0.4, 0.5) is 4.79 Å². The Kier molecular flexibility index (Phi) is 6.25. The third-order valence-corrected chi connectivity index (χ3v) is 1.69. The number of carbonyl (C=O) groups excluding carboxylic acids is 1. The molecule has 1 aliphatic rings. The molecule has 0 unspecified atom stereocenters. The van der Waals surface area contributed by atoms with Crippen LogP contribution in [-0.2, 0) is 51.7 Å². The summed E-state index contributed by atoms with van der Waals surface area (Å²) >= 11 is 0. The molecule has 85 valence electrons. The van der Waals surface area contributed by atoms with Crippen LogP contribution in [0.2, 0.25) is 0 Å². The molecule has 0 spiro atoms. The predicted octanol–water partition coefficient (Wildman–Crippen LogP) is 1.28. The molecule has 5 nitrogen and oxygen atoms in total. The van der Waals surface area contributed by atoms with Crippen molar-refractivity contribution in [3.8, 4) is 0 Å². The van der Waals surface area contributed by atoms with E-state index in [-0.39, 0.29) is 32.7 Å². The van der Waals surface area contributed by atoms with Gasteiger partial charge in [-0.2, -0.15) is 0 Å². The Hall–Kier alpha value is 0.294. The van der Waals surface area contributed by atoms with E-state index in [1.807, 2.05) is 0 Å². The summed E-state index contributed by atoms with van der Waals surface area (Å²) < 4.78 is 19.6. The van der Waals surface area contributed by atoms with Crippen LogP contribution in [-0.4, -0.2) is 31.3 Å². The Morgan fingerprint density at radius 1 is 1.47 bits per heavy atom. The Morgan fingerprint density at radius 2 is 2.07 bits per heavy atom. The van der Waals surface area contributed by atoms with Crippen LogP contribution in [0.15, 0.2) is 0 Å². The maximum atomic E-state index is 10.6. The summed E-state index contributed by atoms with van der Waals surface area (Å²) in [6, 6.07) is 0. The fourth-order valence-corrected chi connectivity index (χ4v) is 1.15. The molecule has 0 N–H and O–H groups in total. The Morgan fingerprint density at radius 3 is 2.47 bits per heavy atom. The fourth-order valence-electron chi connectivity index (χ4n) is 1.15. The monoisotopic (exact) mass is 291 g/mol. The van der Waals surface area contributed by atoms with Gasteiger partial charge in [-0.1, -0.05) is 6.10 Å². The van der Waals surface area contributed by atoms with Crippen molar-refractivity contribution in [2.75, 3.05) is 7.11 Å². The van der Waals surface area contributed by atoms with Gasteiger partial charge in [-0.3, -0.25) is 0 Å². The first-order valence-electron chi connectivity index (χ1n) is 4.21. The van der Waals surface area contributed by atoms with Crippen molar-refractivity contribution in [3.63, 3.8) is 0 Å². The standard InChI is InChI=1S/C9H14O5.Y/c1-6-7(5-12-8(10)11-4)14-9(2,3)13-6;/h5-7H,1H2,2-4H3;/q-2;/t6-,7+;/m1./s1. The normalized spacial score (nSPS) is 28.0. The van der Waals surface area contributed by atoms with Gasteiger partial charge >= 0.3 is 6.16 Å². The number of hydrogen-bond donors (Lipinski definition) is 0. The van der Waals surface area contributed by atoms with Gasteiger partial charge in [0.15, 0.2) is 5.79 Å². The molecule has 1 fully saturated rings. The van der Waals surface area contributed by atoms with E-state index in [0.29, 0.717) is 0 Å². The van der Waals surface area contributed by atoms with Gasteiger partial charge in [-0.25, -0.2) is 4.79 Å². The van der Waals surface area contributed by atoms with E-state index in [4.69, 9.17) is 9.47 Å². The van der Waals surface area contributed by atoms with Gasteiger partial charge in [0.1, 0.15) is 0 Å². The summed E-state index contributed by atoms with van der Waals surface area (Å²) in [5, 5.41) is 0. The van der Waals surface area contributed by atoms with Crippen molar-refractivity contribution < 1.29 is 56.5 Å². The molecular weight excluding hydrogens is 277 g/mol. The molecule has 1 radical (unpaired) electrons. The van der Waals surface area contributed by atoms with Crippen molar-refractivity contribution in [2.45, 2.75) is 31.8 Å². The molecule has 0 aromatic heterocycles. The molecule has 0 amide bonds. The van der Waals surface area contributed by atoms with Crippen LogP contribution in [0.25, 0.3) is 0 Å². The Balaban J connectivity index is 0.00000196. The summed E-state index contributed by atoms with van der Waals surface area (Å²) in [4.78, 5) is 10.6. The molecule has 2 atom stereocenters. The van der Waals surface area contributed by atoms with Crippen molar-refractivity contribution in [3.05, 3.63) is 13.5 Å². The molecule has 1 heterocycles. The van der Waals surface area contributed by atoms with E-state index >= 15 is 0 Å². The molecule has 1 rings (SSSR count). The maximum absolute atomic E-state index is 10.6. The van der Waals surface area contributed by atoms with Crippen molar-refractivity contribution >= 4 is 6.16 Å². The third-order valence-electron chi connectivity index (χ3n) is 1.69. The number of methoxy groups -OCH3 is 1. The second kappa shape index (κ2) is 6.13. The first-order chi connectivity index (χ1) is 6.44. The van der Waals surface area contributed by atoms with E-state index in [2.05, 4.69) is 16.4 Å². The minimum Gasteiger partial charge on any atom is -0.603 e. The van der Waals surface area contributed by atoms with Gasteiger partial charge in [-0.05, 0) is 20.0 Å². The number of hydrogen-bond acceptors (Lipinski definition) is 5. The van der Waals surface area contributed by atoms with E-state index in [0.717, 1.165) is 0 Å². The van der Waals surface area contributed by atoms with Gasteiger partial charge in [-0.15, -0.1) is 6.61 Å². The molecular formula is C9H14O5Y-2. The zero-order valence-corrected chi connectivity index (χ0v) is 11.9. The number of ether oxygens (including phenoxy) is 4. The molecule has 15 heavy (non-hydrogen) atoms. The quantitative estimate of drug-likeness (QED) is 0.566.